The number of aliphatic hydroxyl groups is 1. The number of carbonyl (C=O) groups excluding carboxylic acids is 1. The quantitative estimate of drug-likeness (QED) is 0.741. The zero-order chi connectivity index (χ0) is 18.3. The molecule has 2 atom stereocenters. The van der Waals surface area contributed by atoms with Gasteiger partial charge >= 0.3 is 0 Å². The van der Waals surface area contributed by atoms with Gasteiger partial charge in [0.25, 0.3) is 0 Å². The minimum absolute atomic E-state index is 0.0471. The first kappa shape index (κ1) is 20.7. The predicted octanol–water partition coefficient (Wildman–Crippen LogP) is 3.99. The second kappa shape index (κ2) is 9.19. The van der Waals surface area contributed by atoms with E-state index in [1.165, 1.54) is 0 Å². The zero-order valence-corrected chi connectivity index (χ0v) is 15.8. The van der Waals surface area contributed by atoms with Crippen LogP contribution in [0.15, 0.2) is 24.3 Å². The van der Waals surface area contributed by atoms with Crippen molar-refractivity contribution in [3.63, 3.8) is 0 Å². The Bertz CT molecular complexity index is 499. The molecule has 0 saturated carbocycles. The topological polar surface area (TPSA) is 55.8 Å². The molecule has 24 heavy (non-hydrogen) atoms. The molecule has 4 nitrogen and oxygen atoms in total. The number of ether oxygens (including phenoxy) is 2. The number of methoxy groups -OCH3 is 1. The van der Waals surface area contributed by atoms with Gasteiger partial charge in [0.15, 0.2) is 0 Å². The molecule has 0 aliphatic heterocycles. The molecule has 0 heterocycles. The molecule has 0 unspecified atom stereocenters. The lowest BCUT2D eigenvalue weighted by molar-refractivity contribution is -0.127. The van der Waals surface area contributed by atoms with Crippen LogP contribution >= 0.6 is 0 Å². The van der Waals surface area contributed by atoms with Crippen molar-refractivity contribution >= 4 is 5.78 Å². The maximum atomic E-state index is 12.3. The number of aliphatic hydroxyl groups excluding tert-OH is 1. The Labute approximate surface area is 146 Å². The Kier molecular flexibility index (Phi) is 7.91. The molecule has 0 radical (unpaired) electrons. The van der Waals surface area contributed by atoms with Gasteiger partial charge in [-0.3, -0.25) is 4.79 Å². The summed E-state index contributed by atoms with van der Waals surface area (Å²) in [5.74, 6) is 0.942. The summed E-state index contributed by atoms with van der Waals surface area (Å²) >= 11 is 0. The fourth-order valence-electron chi connectivity index (χ4n) is 2.29. The highest BCUT2D eigenvalue weighted by Crippen LogP contribution is 2.27. The monoisotopic (exact) mass is 336 g/mol. The van der Waals surface area contributed by atoms with Gasteiger partial charge in [-0.05, 0) is 29.0 Å². The Morgan fingerprint density at radius 3 is 2.17 bits per heavy atom. The summed E-state index contributed by atoms with van der Waals surface area (Å²) in [4.78, 5) is 12.3. The van der Waals surface area contributed by atoms with Gasteiger partial charge in [0.05, 0.1) is 25.9 Å². The number of benzene rings is 1. The van der Waals surface area contributed by atoms with Gasteiger partial charge in [-0.25, -0.2) is 0 Å². The van der Waals surface area contributed by atoms with E-state index < -0.39 is 6.10 Å². The van der Waals surface area contributed by atoms with Gasteiger partial charge in [-0.1, -0.05) is 46.8 Å². The zero-order valence-electron chi connectivity index (χ0n) is 15.8. The van der Waals surface area contributed by atoms with E-state index in [4.69, 9.17) is 9.47 Å². The minimum Gasteiger partial charge on any atom is -0.497 e. The number of hydrogen-bond acceptors (Lipinski definition) is 4. The van der Waals surface area contributed by atoms with E-state index >= 15 is 0 Å². The summed E-state index contributed by atoms with van der Waals surface area (Å²) < 4.78 is 11.2. The number of carbonyl (C=O) groups is 1. The lowest BCUT2D eigenvalue weighted by atomic mass is 9.85. The van der Waals surface area contributed by atoms with Crippen molar-refractivity contribution in [2.24, 2.45) is 11.3 Å². The van der Waals surface area contributed by atoms with Crippen LogP contribution in [-0.4, -0.2) is 30.2 Å². The fourth-order valence-corrected chi connectivity index (χ4v) is 2.29. The Balaban J connectivity index is 2.63. The maximum absolute atomic E-state index is 12.3. The molecule has 0 bridgehead atoms. The first-order valence-corrected chi connectivity index (χ1v) is 8.57. The van der Waals surface area contributed by atoms with Gasteiger partial charge in [0, 0.05) is 12.8 Å². The van der Waals surface area contributed by atoms with Gasteiger partial charge in [-0.2, -0.15) is 0 Å². The van der Waals surface area contributed by atoms with E-state index in [2.05, 4.69) is 20.8 Å². The molecule has 0 aliphatic rings. The summed E-state index contributed by atoms with van der Waals surface area (Å²) in [5, 5.41) is 9.90. The summed E-state index contributed by atoms with van der Waals surface area (Å²) in [7, 11) is 1.64. The molecule has 0 amide bonds. The second-order valence-corrected chi connectivity index (χ2v) is 7.77. The van der Waals surface area contributed by atoms with E-state index in [9.17, 15) is 9.90 Å². The molecule has 4 heteroatoms. The highest BCUT2D eigenvalue weighted by atomic mass is 16.5. The summed E-state index contributed by atoms with van der Waals surface area (Å²) in [6.07, 6.45) is -0.259. The van der Waals surface area contributed by atoms with Crippen molar-refractivity contribution in [2.45, 2.75) is 66.3 Å². The smallest absolute Gasteiger partial charge is 0.138 e. The summed E-state index contributed by atoms with van der Waals surface area (Å²) in [6.45, 7) is 10.5. The van der Waals surface area contributed by atoms with E-state index in [0.29, 0.717) is 13.0 Å². The first-order valence-electron chi connectivity index (χ1n) is 8.57. The largest absolute Gasteiger partial charge is 0.497 e. The maximum Gasteiger partial charge on any atom is 0.138 e. The summed E-state index contributed by atoms with van der Waals surface area (Å²) in [6, 6.07) is 7.72. The average molecular weight is 336 g/mol. The van der Waals surface area contributed by atoms with Crippen LogP contribution in [0, 0.1) is 11.3 Å². The number of hydrogen-bond donors (Lipinski definition) is 1. The van der Waals surface area contributed by atoms with Crippen molar-refractivity contribution < 1.29 is 19.4 Å². The molecule has 0 saturated heterocycles. The van der Waals surface area contributed by atoms with Crippen LogP contribution in [0.2, 0.25) is 0 Å². The molecule has 0 aromatic heterocycles. The van der Waals surface area contributed by atoms with Crippen LogP contribution in [0.4, 0.5) is 0 Å². The molecular weight excluding hydrogens is 304 g/mol. The molecule has 0 fully saturated rings. The lowest BCUT2D eigenvalue weighted by Crippen LogP contribution is -2.33. The molecular formula is C20H32O4. The van der Waals surface area contributed by atoms with Crippen LogP contribution in [0.25, 0.3) is 0 Å². The molecule has 136 valence electrons. The van der Waals surface area contributed by atoms with Crippen LogP contribution < -0.4 is 4.74 Å². The Morgan fingerprint density at radius 1 is 1.12 bits per heavy atom. The van der Waals surface area contributed by atoms with Gasteiger partial charge < -0.3 is 14.6 Å². The van der Waals surface area contributed by atoms with Crippen molar-refractivity contribution in [3.05, 3.63) is 29.8 Å². The van der Waals surface area contributed by atoms with E-state index in [1.54, 1.807) is 7.11 Å². The number of rotatable bonds is 9. The second-order valence-electron chi connectivity index (χ2n) is 7.77. The Hall–Kier alpha value is -1.39. The number of Topliss-reactive ketones (excluding diaryl/α,β-unsaturated/α-hetero) is 1. The Morgan fingerprint density at radius 2 is 1.71 bits per heavy atom. The highest BCUT2D eigenvalue weighted by Gasteiger charge is 2.28. The minimum atomic E-state index is -0.584. The van der Waals surface area contributed by atoms with Crippen molar-refractivity contribution in [1.82, 2.24) is 0 Å². The molecule has 1 aromatic carbocycles. The van der Waals surface area contributed by atoms with Crippen LogP contribution in [-0.2, 0) is 16.1 Å². The van der Waals surface area contributed by atoms with Crippen molar-refractivity contribution in [1.29, 1.82) is 0 Å². The normalized spacial score (nSPS) is 14.5. The van der Waals surface area contributed by atoms with Crippen molar-refractivity contribution in [2.75, 3.05) is 7.11 Å². The van der Waals surface area contributed by atoms with E-state index in [-0.39, 0.29) is 29.6 Å². The number of ketones is 1. The SMILES string of the molecule is COc1ccc(CO[C@H](CC(=O)C[C@H](O)C(C)C)C(C)(C)C)cc1. The van der Waals surface area contributed by atoms with E-state index in [0.717, 1.165) is 11.3 Å². The predicted molar refractivity (Wildman–Crippen MR) is 96.1 cm³/mol. The van der Waals surface area contributed by atoms with Crippen LogP contribution in [0.3, 0.4) is 0 Å². The lowest BCUT2D eigenvalue weighted by Gasteiger charge is -2.30. The molecule has 1 aromatic rings. The third-order valence-electron chi connectivity index (χ3n) is 4.20. The van der Waals surface area contributed by atoms with E-state index in [1.807, 2.05) is 38.1 Å². The highest BCUT2D eigenvalue weighted by molar-refractivity contribution is 5.79. The molecule has 1 N–H and O–H groups in total. The molecule has 1 rings (SSSR count). The molecule has 0 aliphatic carbocycles. The third-order valence-corrected chi connectivity index (χ3v) is 4.20. The fraction of sp³-hybridized carbons (Fsp3) is 0.650. The average Bonchev–Trinajstić information content (AvgIpc) is 2.50. The molecule has 0 spiro atoms. The first-order chi connectivity index (χ1) is 11.1. The van der Waals surface area contributed by atoms with Crippen LogP contribution in [0.5, 0.6) is 5.75 Å². The van der Waals surface area contributed by atoms with Crippen molar-refractivity contribution in [3.8, 4) is 5.75 Å². The van der Waals surface area contributed by atoms with Gasteiger partial charge in [0.1, 0.15) is 11.5 Å². The van der Waals surface area contributed by atoms with Gasteiger partial charge in [0.2, 0.25) is 0 Å². The summed E-state index contributed by atoms with van der Waals surface area (Å²) in [5.41, 5.74) is 0.893. The third kappa shape index (κ3) is 7.02. The van der Waals surface area contributed by atoms with Crippen LogP contribution in [0.1, 0.15) is 53.0 Å². The van der Waals surface area contributed by atoms with Gasteiger partial charge in [-0.15, -0.1) is 0 Å². The standard InChI is InChI=1S/C20H32O4/c1-14(2)18(22)11-16(21)12-19(20(3,4)5)24-13-15-7-9-17(23-6)10-8-15/h7-10,14,18-19,22H,11-13H2,1-6H3/t18-,19+/m0/s1.